The number of hydrogen-bond donors (Lipinski definition) is 1. The summed E-state index contributed by atoms with van der Waals surface area (Å²) in [6.07, 6.45) is 3.58. The SMILES string of the molecule is CCCCc1ccc(Nc2ccc3nnnn3n2)cc1. The van der Waals surface area contributed by atoms with Gasteiger partial charge in [-0.05, 0) is 53.1 Å². The van der Waals surface area contributed by atoms with Gasteiger partial charge < -0.3 is 5.32 Å². The highest BCUT2D eigenvalue weighted by molar-refractivity contribution is 5.57. The first-order valence-corrected chi connectivity index (χ1v) is 6.76. The summed E-state index contributed by atoms with van der Waals surface area (Å²) in [7, 11) is 0. The Labute approximate surface area is 116 Å². The van der Waals surface area contributed by atoms with Crippen LogP contribution in [-0.2, 0) is 6.42 Å². The number of nitrogens with zero attached hydrogens (tertiary/aromatic N) is 5. The third-order valence-corrected chi connectivity index (χ3v) is 3.11. The Morgan fingerprint density at radius 1 is 1.10 bits per heavy atom. The molecule has 20 heavy (non-hydrogen) atoms. The molecule has 1 aromatic carbocycles. The van der Waals surface area contributed by atoms with Crippen molar-refractivity contribution in [1.82, 2.24) is 25.3 Å². The lowest BCUT2D eigenvalue weighted by Gasteiger charge is -2.06. The van der Waals surface area contributed by atoms with Crippen LogP contribution in [0, 0.1) is 0 Å². The molecule has 0 fully saturated rings. The van der Waals surface area contributed by atoms with Gasteiger partial charge in [0.25, 0.3) is 0 Å². The van der Waals surface area contributed by atoms with Gasteiger partial charge in [0.15, 0.2) is 11.5 Å². The highest BCUT2D eigenvalue weighted by Gasteiger charge is 2.01. The fraction of sp³-hybridized carbons (Fsp3) is 0.286. The zero-order valence-corrected chi connectivity index (χ0v) is 11.3. The zero-order chi connectivity index (χ0) is 13.8. The van der Waals surface area contributed by atoms with E-state index < -0.39 is 0 Å². The highest BCUT2D eigenvalue weighted by Crippen LogP contribution is 2.16. The van der Waals surface area contributed by atoms with Gasteiger partial charge in [-0.1, -0.05) is 25.5 Å². The van der Waals surface area contributed by atoms with Crippen molar-refractivity contribution in [3.05, 3.63) is 42.0 Å². The van der Waals surface area contributed by atoms with E-state index in [0.29, 0.717) is 11.5 Å². The van der Waals surface area contributed by atoms with Crippen molar-refractivity contribution in [3.8, 4) is 0 Å². The number of fused-ring (bicyclic) bond motifs is 1. The van der Waals surface area contributed by atoms with Crippen LogP contribution in [0.1, 0.15) is 25.3 Å². The lowest BCUT2D eigenvalue weighted by molar-refractivity contribution is 0.736. The smallest absolute Gasteiger partial charge is 0.200 e. The molecule has 0 aliphatic carbocycles. The molecule has 0 bridgehead atoms. The van der Waals surface area contributed by atoms with Gasteiger partial charge in [0.1, 0.15) is 0 Å². The van der Waals surface area contributed by atoms with E-state index in [1.165, 1.54) is 23.0 Å². The maximum absolute atomic E-state index is 4.27. The van der Waals surface area contributed by atoms with E-state index in [1.54, 1.807) is 0 Å². The zero-order valence-electron chi connectivity index (χ0n) is 11.3. The minimum atomic E-state index is 0.630. The Kier molecular flexibility index (Phi) is 3.54. The number of benzene rings is 1. The van der Waals surface area contributed by atoms with Crippen molar-refractivity contribution in [2.24, 2.45) is 0 Å². The number of rotatable bonds is 5. The fourth-order valence-corrected chi connectivity index (χ4v) is 2.00. The number of nitrogens with one attached hydrogen (secondary N) is 1. The molecule has 1 N–H and O–H groups in total. The van der Waals surface area contributed by atoms with Crippen LogP contribution in [0.2, 0.25) is 0 Å². The van der Waals surface area contributed by atoms with Gasteiger partial charge in [-0.3, -0.25) is 0 Å². The first-order valence-electron chi connectivity index (χ1n) is 6.76. The molecule has 6 nitrogen and oxygen atoms in total. The minimum absolute atomic E-state index is 0.630. The maximum Gasteiger partial charge on any atom is 0.200 e. The molecule has 3 rings (SSSR count). The molecular formula is C14H16N6. The molecular weight excluding hydrogens is 252 g/mol. The Morgan fingerprint density at radius 2 is 1.95 bits per heavy atom. The summed E-state index contributed by atoms with van der Waals surface area (Å²) >= 11 is 0. The number of aromatic nitrogens is 5. The monoisotopic (exact) mass is 268 g/mol. The Bertz CT molecular complexity index is 688. The molecule has 3 aromatic rings. The van der Waals surface area contributed by atoms with Crippen LogP contribution in [0.4, 0.5) is 11.5 Å². The Balaban J connectivity index is 1.73. The van der Waals surface area contributed by atoms with E-state index in [9.17, 15) is 0 Å². The lowest BCUT2D eigenvalue weighted by Crippen LogP contribution is -2.00. The second-order valence-corrected chi connectivity index (χ2v) is 4.67. The molecule has 0 radical (unpaired) electrons. The van der Waals surface area contributed by atoms with Crippen molar-refractivity contribution < 1.29 is 0 Å². The van der Waals surface area contributed by atoms with Crippen LogP contribution in [0.5, 0.6) is 0 Å². The first-order chi connectivity index (χ1) is 9.85. The topological polar surface area (TPSA) is 68.0 Å². The average Bonchev–Trinajstić information content (AvgIpc) is 2.94. The molecule has 2 aromatic heterocycles. The summed E-state index contributed by atoms with van der Waals surface area (Å²) < 4.78 is 1.40. The average molecular weight is 268 g/mol. The molecule has 0 aliphatic heterocycles. The largest absolute Gasteiger partial charge is 0.339 e. The number of anilines is 2. The Morgan fingerprint density at radius 3 is 2.75 bits per heavy atom. The van der Waals surface area contributed by atoms with Gasteiger partial charge in [-0.2, -0.15) is 0 Å². The van der Waals surface area contributed by atoms with Crippen LogP contribution in [0.25, 0.3) is 5.65 Å². The normalized spacial score (nSPS) is 10.8. The third kappa shape index (κ3) is 2.74. The van der Waals surface area contributed by atoms with Gasteiger partial charge in [0.2, 0.25) is 0 Å². The fourth-order valence-electron chi connectivity index (χ4n) is 2.00. The summed E-state index contributed by atoms with van der Waals surface area (Å²) in [4.78, 5) is 0. The second-order valence-electron chi connectivity index (χ2n) is 4.67. The number of hydrogen-bond acceptors (Lipinski definition) is 5. The predicted octanol–water partition coefficient (Wildman–Crippen LogP) is 2.61. The summed E-state index contributed by atoms with van der Waals surface area (Å²) in [5.74, 6) is 0.714. The molecule has 0 unspecified atom stereocenters. The van der Waals surface area contributed by atoms with Crippen molar-refractivity contribution in [2.75, 3.05) is 5.32 Å². The number of tetrazole rings is 1. The second kappa shape index (κ2) is 5.64. The molecule has 0 aliphatic rings. The molecule has 0 spiro atoms. The lowest BCUT2D eigenvalue weighted by atomic mass is 10.1. The molecule has 0 saturated carbocycles. The first kappa shape index (κ1) is 12.5. The van der Waals surface area contributed by atoms with Crippen LogP contribution in [-0.4, -0.2) is 25.3 Å². The van der Waals surface area contributed by atoms with Crippen molar-refractivity contribution in [1.29, 1.82) is 0 Å². The molecule has 0 atom stereocenters. The highest BCUT2D eigenvalue weighted by atomic mass is 15.6. The molecule has 6 heteroatoms. The number of unbranched alkanes of at least 4 members (excludes halogenated alkanes) is 1. The maximum atomic E-state index is 4.27. The quantitative estimate of drug-likeness (QED) is 0.770. The van der Waals surface area contributed by atoms with Crippen LogP contribution < -0.4 is 5.32 Å². The van der Waals surface area contributed by atoms with Crippen molar-refractivity contribution in [2.45, 2.75) is 26.2 Å². The van der Waals surface area contributed by atoms with Crippen molar-refractivity contribution >= 4 is 17.2 Å². The van der Waals surface area contributed by atoms with E-state index in [1.807, 2.05) is 12.1 Å². The van der Waals surface area contributed by atoms with E-state index in [0.717, 1.165) is 12.1 Å². The van der Waals surface area contributed by atoms with Gasteiger partial charge in [0, 0.05) is 5.69 Å². The molecule has 102 valence electrons. The molecule has 0 amide bonds. The van der Waals surface area contributed by atoms with Crippen molar-refractivity contribution in [3.63, 3.8) is 0 Å². The Hall–Kier alpha value is -2.50. The predicted molar refractivity (Wildman–Crippen MR) is 76.9 cm³/mol. The van der Waals surface area contributed by atoms with Crippen LogP contribution >= 0.6 is 0 Å². The van der Waals surface area contributed by atoms with E-state index in [-0.39, 0.29) is 0 Å². The van der Waals surface area contributed by atoms with Crippen LogP contribution in [0.15, 0.2) is 36.4 Å². The van der Waals surface area contributed by atoms with E-state index >= 15 is 0 Å². The summed E-state index contributed by atoms with van der Waals surface area (Å²) in [5, 5.41) is 18.7. The van der Waals surface area contributed by atoms with E-state index in [2.05, 4.69) is 57.1 Å². The van der Waals surface area contributed by atoms with Crippen LogP contribution in [0.3, 0.4) is 0 Å². The van der Waals surface area contributed by atoms with Gasteiger partial charge in [-0.15, -0.1) is 14.8 Å². The van der Waals surface area contributed by atoms with Gasteiger partial charge in [0.05, 0.1) is 0 Å². The minimum Gasteiger partial charge on any atom is -0.339 e. The summed E-state index contributed by atoms with van der Waals surface area (Å²) in [5.41, 5.74) is 3.00. The standard InChI is InChI=1S/C14H16N6/c1-2-3-4-11-5-7-12(8-6-11)15-13-9-10-14-16-18-19-20(14)17-13/h5-10H,2-4H2,1H3,(H,15,17). The van der Waals surface area contributed by atoms with Gasteiger partial charge >= 0.3 is 0 Å². The number of aryl methyl sites for hydroxylation is 1. The molecule has 0 saturated heterocycles. The summed E-state index contributed by atoms with van der Waals surface area (Å²) in [6.45, 7) is 2.21. The van der Waals surface area contributed by atoms with Gasteiger partial charge in [-0.25, -0.2) is 0 Å². The molecule has 2 heterocycles. The third-order valence-electron chi connectivity index (χ3n) is 3.11. The van der Waals surface area contributed by atoms with E-state index in [4.69, 9.17) is 0 Å². The summed E-state index contributed by atoms with van der Waals surface area (Å²) in [6, 6.07) is 12.1.